The van der Waals surface area contributed by atoms with Gasteiger partial charge in [0.1, 0.15) is 12.6 Å². The molecule has 218 valence electrons. The number of benzene rings is 4. The van der Waals surface area contributed by atoms with Crippen LogP contribution in [0.15, 0.2) is 120 Å². The Labute approximate surface area is 252 Å². The van der Waals surface area contributed by atoms with Crippen LogP contribution in [0, 0.1) is 0 Å². The molecule has 1 atom stereocenters. The van der Waals surface area contributed by atoms with E-state index in [2.05, 4.69) is 5.32 Å². The average molecular weight is 604 g/mol. The van der Waals surface area contributed by atoms with Crippen LogP contribution >= 0.6 is 11.6 Å². The van der Waals surface area contributed by atoms with Gasteiger partial charge in [-0.3, -0.25) is 13.9 Å². The van der Waals surface area contributed by atoms with Gasteiger partial charge in [-0.1, -0.05) is 97.4 Å². The monoisotopic (exact) mass is 603 g/mol. The fourth-order valence-electron chi connectivity index (χ4n) is 4.55. The number of carbonyl (C=O) groups is 2. The van der Waals surface area contributed by atoms with E-state index in [0.717, 1.165) is 21.9 Å². The van der Waals surface area contributed by atoms with E-state index in [9.17, 15) is 18.0 Å². The van der Waals surface area contributed by atoms with Gasteiger partial charge in [0.25, 0.3) is 10.0 Å². The van der Waals surface area contributed by atoms with E-state index < -0.39 is 28.5 Å². The van der Waals surface area contributed by atoms with Gasteiger partial charge in [-0.2, -0.15) is 0 Å². The molecule has 0 aliphatic heterocycles. The molecule has 1 unspecified atom stereocenters. The number of carbonyl (C=O) groups excluding carboxylic acids is 2. The normalized spacial score (nSPS) is 11.9. The average Bonchev–Trinajstić information content (AvgIpc) is 3.02. The quantitative estimate of drug-likeness (QED) is 0.212. The van der Waals surface area contributed by atoms with Crippen LogP contribution in [0.25, 0.3) is 0 Å². The molecule has 42 heavy (non-hydrogen) atoms. The molecule has 0 saturated heterocycles. The van der Waals surface area contributed by atoms with Crippen molar-refractivity contribution < 1.29 is 18.0 Å². The van der Waals surface area contributed by atoms with E-state index in [1.807, 2.05) is 37.3 Å². The maximum atomic E-state index is 14.3. The maximum Gasteiger partial charge on any atom is 0.264 e. The molecule has 0 heterocycles. The van der Waals surface area contributed by atoms with Crippen LogP contribution in [0.1, 0.15) is 24.5 Å². The fourth-order valence-corrected chi connectivity index (χ4v) is 6.11. The Morgan fingerprint density at radius 2 is 1.36 bits per heavy atom. The van der Waals surface area contributed by atoms with Crippen molar-refractivity contribution in [1.82, 2.24) is 10.2 Å². The SMILES string of the molecule is CCCNC(=O)C(Cc1ccccc1)N(Cc1ccc(Cl)cc1)C(=O)CN(c1ccccc1)S(=O)(=O)c1ccccc1. The summed E-state index contributed by atoms with van der Waals surface area (Å²) >= 11 is 6.12. The number of halogens is 1. The van der Waals surface area contributed by atoms with Crippen molar-refractivity contribution in [2.75, 3.05) is 17.4 Å². The highest BCUT2D eigenvalue weighted by Gasteiger charge is 2.34. The van der Waals surface area contributed by atoms with E-state index in [-0.39, 0.29) is 23.8 Å². The van der Waals surface area contributed by atoms with Crippen molar-refractivity contribution in [2.45, 2.75) is 37.2 Å². The molecule has 4 aromatic rings. The van der Waals surface area contributed by atoms with Crippen LogP contribution in [-0.2, 0) is 32.6 Å². The first kappa shape index (κ1) is 30.8. The predicted octanol–water partition coefficient (Wildman–Crippen LogP) is 5.70. The lowest BCUT2D eigenvalue weighted by Crippen LogP contribution is -2.53. The molecule has 7 nitrogen and oxygen atoms in total. The summed E-state index contributed by atoms with van der Waals surface area (Å²) in [5.74, 6) is -0.818. The van der Waals surface area contributed by atoms with Crippen molar-refractivity contribution in [3.05, 3.63) is 131 Å². The summed E-state index contributed by atoms with van der Waals surface area (Å²) in [4.78, 5) is 29.4. The summed E-state index contributed by atoms with van der Waals surface area (Å²) in [7, 11) is -4.11. The molecule has 1 N–H and O–H groups in total. The predicted molar refractivity (Wildman–Crippen MR) is 167 cm³/mol. The van der Waals surface area contributed by atoms with Crippen LogP contribution in [0.5, 0.6) is 0 Å². The molecule has 0 bridgehead atoms. The van der Waals surface area contributed by atoms with Gasteiger partial charge in [0, 0.05) is 24.5 Å². The number of anilines is 1. The highest BCUT2D eigenvalue weighted by atomic mass is 35.5. The molecule has 4 aromatic carbocycles. The number of amides is 2. The summed E-state index contributed by atoms with van der Waals surface area (Å²) in [5.41, 5.74) is 1.97. The lowest BCUT2D eigenvalue weighted by Gasteiger charge is -2.34. The number of hydrogen-bond acceptors (Lipinski definition) is 4. The third kappa shape index (κ3) is 7.99. The number of hydrogen-bond donors (Lipinski definition) is 1. The maximum absolute atomic E-state index is 14.3. The molecule has 0 radical (unpaired) electrons. The van der Waals surface area contributed by atoms with E-state index in [1.165, 1.54) is 17.0 Å². The Morgan fingerprint density at radius 3 is 1.95 bits per heavy atom. The van der Waals surface area contributed by atoms with Crippen LogP contribution in [-0.4, -0.2) is 44.3 Å². The van der Waals surface area contributed by atoms with Gasteiger partial charge in [-0.15, -0.1) is 0 Å². The first-order chi connectivity index (χ1) is 20.3. The van der Waals surface area contributed by atoms with Gasteiger partial charge in [-0.25, -0.2) is 8.42 Å². The Hall–Kier alpha value is -4.14. The summed E-state index contributed by atoms with van der Waals surface area (Å²) in [6.45, 7) is 1.99. The van der Waals surface area contributed by atoms with Crippen molar-refractivity contribution in [3.63, 3.8) is 0 Å². The first-order valence-corrected chi connectivity index (χ1v) is 15.6. The second-order valence-electron chi connectivity index (χ2n) is 9.80. The molecule has 4 rings (SSSR count). The third-order valence-corrected chi connectivity index (χ3v) is 8.78. The minimum atomic E-state index is -4.11. The number of nitrogens with one attached hydrogen (secondary N) is 1. The standard InChI is InChI=1S/C33H34ClN3O4S/c1-2-22-35-33(39)31(23-26-12-6-3-7-13-26)36(24-27-18-20-28(34)21-19-27)32(38)25-37(29-14-8-4-9-15-29)42(40,41)30-16-10-5-11-17-30/h3-21,31H,2,22-25H2,1H3,(H,35,39). The minimum Gasteiger partial charge on any atom is -0.354 e. The van der Waals surface area contributed by atoms with Crippen LogP contribution < -0.4 is 9.62 Å². The van der Waals surface area contributed by atoms with E-state index in [0.29, 0.717) is 17.3 Å². The van der Waals surface area contributed by atoms with Crippen molar-refractivity contribution in [1.29, 1.82) is 0 Å². The highest BCUT2D eigenvalue weighted by molar-refractivity contribution is 7.92. The Morgan fingerprint density at radius 1 is 0.786 bits per heavy atom. The first-order valence-electron chi connectivity index (χ1n) is 13.8. The van der Waals surface area contributed by atoms with E-state index in [4.69, 9.17) is 11.6 Å². The summed E-state index contributed by atoms with van der Waals surface area (Å²) in [6.07, 6.45) is 0.985. The second kappa shape index (κ2) is 14.7. The van der Waals surface area contributed by atoms with Crippen LogP contribution in [0.4, 0.5) is 5.69 Å². The third-order valence-electron chi connectivity index (χ3n) is 6.74. The number of rotatable bonds is 13. The molecule has 0 aliphatic rings. The van der Waals surface area contributed by atoms with Gasteiger partial charge in [-0.05, 0) is 53.9 Å². The minimum absolute atomic E-state index is 0.0624. The molecule has 0 spiro atoms. The Bertz CT molecular complexity index is 1550. The van der Waals surface area contributed by atoms with E-state index in [1.54, 1.807) is 72.8 Å². The van der Waals surface area contributed by atoms with Gasteiger partial charge < -0.3 is 10.2 Å². The number of sulfonamides is 1. The number of para-hydroxylation sites is 1. The van der Waals surface area contributed by atoms with Crippen LogP contribution in [0.2, 0.25) is 5.02 Å². The molecule has 0 aromatic heterocycles. The summed E-state index contributed by atoms with van der Waals surface area (Å²) < 4.78 is 28.9. The van der Waals surface area contributed by atoms with Gasteiger partial charge >= 0.3 is 0 Å². The van der Waals surface area contributed by atoms with Crippen molar-refractivity contribution >= 4 is 39.1 Å². The van der Waals surface area contributed by atoms with Gasteiger partial charge in [0.2, 0.25) is 11.8 Å². The Kier molecular flexibility index (Phi) is 10.8. The molecular weight excluding hydrogens is 570 g/mol. The second-order valence-corrected chi connectivity index (χ2v) is 12.1. The number of nitrogens with zero attached hydrogens (tertiary/aromatic N) is 2. The Balaban J connectivity index is 1.76. The van der Waals surface area contributed by atoms with Gasteiger partial charge in [0.05, 0.1) is 10.6 Å². The largest absolute Gasteiger partial charge is 0.354 e. The van der Waals surface area contributed by atoms with Gasteiger partial charge in [0.15, 0.2) is 0 Å². The lowest BCUT2D eigenvalue weighted by atomic mass is 10.0. The summed E-state index contributed by atoms with van der Waals surface area (Å²) in [6, 6.07) is 32.1. The zero-order valence-corrected chi connectivity index (χ0v) is 25.0. The van der Waals surface area contributed by atoms with Crippen molar-refractivity contribution in [3.8, 4) is 0 Å². The lowest BCUT2D eigenvalue weighted by molar-refractivity contribution is -0.140. The topological polar surface area (TPSA) is 86.8 Å². The molecule has 0 fully saturated rings. The van der Waals surface area contributed by atoms with E-state index >= 15 is 0 Å². The fraction of sp³-hybridized carbons (Fsp3) is 0.212. The highest BCUT2D eigenvalue weighted by Crippen LogP contribution is 2.25. The smallest absolute Gasteiger partial charge is 0.264 e. The van der Waals surface area contributed by atoms with Crippen molar-refractivity contribution in [2.24, 2.45) is 0 Å². The summed E-state index contributed by atoms with van der Waals surface area (Å²) in [5, 5.41) is 3.48. The van der Waals surface area contributed by atoms with Crippen LogP contribution in [0.3, 0.4) is 0 Å². The molecule has 0 saturated carbocycles. The molecule has 2 amide bonds. The molecule has 0 aliphatic carbocycles. The molecular formula is C33H34ClN3O4S. The zero-order chi connectivity index (χ0) is 30.0. The zero-order valence-electron chi connectivity index (χ0n) is 23.4. The molecule has 9 heteroatoms.